The number of carbonyl (C=O) groups is 1. The summed E-state index contributed by atoms with van der Waals surface area (Å²) in [5.41, 5.74) is 0.817. The second-order valence-corrected chi connectivity index (χ2v) is 5.28. The predicted octanol–water partition coefficient (Wildman–Crippen LogP) is 2.06. The van der Waals surface area contributed by atoms with Gasteiger partial charge in [-0.05, 0) is 26.0 Å². The fraction of sp³-hybridized carbons (Fsp3) is 0.188. The largest absolute Gasteiger partial charge is 0.490 e. The highest BCUT2D eigenvalue weighted by Crippen LogP contribution is 2.22. The van der Waals surface area contributed by atoms with Gasteiger partial charge in [-0.15, -0.1) is 0 Å². The summed E-state index contributed by atoms with van der Waals surface area (Å²) in [5.74, 6) is -0.00323. The third kappa shape index (κ3) is 3.08. The van der Waals surface area contributed by atoms with Gasteiger partial charge in [0.05, 0.1) is 11.7 Å². The van der Waals surface area contributed by atoms with E-state index in [0.29, 0.717) is 17.0 Å². The van der Waals surface area contributed by atoms with Crippen LogP contribution in [0.2, 0.25) is 0 Å². The number of hydrogen-bond acceptors (Lipinski definition) is 4. The van der Waals surface area contributed by atoms with Gasteiger partial charge in [-0.3, -0.25) is 9.59 Å². The van der Waals surface area contributed by atoms with Gasteiger partial charge in [0.15, 0.2) is 0 Å². The van der Waals surface area contributed by atoms with Crippen molar-refractivity contribution in [1.29, 1.82) is 0 Å². The number of nitrogens with one attached hydrogen (secondary N) is 2. The molecule has 0 saturated heterocycles. The molecule has 7 heteroatoms. The zero-order valence-corrected chi connectivity index (χ0v) is 12.7. The standard InChI is InChI=1S/C16H16N4O3/c1-10(2)23-13-8-14-17-6-7-20(14)9-11(13)15(21)19-12-4-3-5-18-16(12)22/h3-10H,1-2H3,(H,18,22)(H,19,21). The maximum Gasteiger partial charge on any atom is 0.271 e. The van der Waals surface area contributed by atoms with Crippen LogP contribution >= 0.6 is 0 Å². The van der Waals surface area contributed by atoms with E-state index in [0.717, 1.165) is 0 Å². The van der Waals surface area contributed by atoms with Crippen LogP contribution in [0, 0.1) is 0 Å². The van der Waals surface area contributed by atoms with Gasteiger partial charge in [0.25, 0.3) is 11.5 Å². The van der Waals surface area contributed by atoms with Crippen LogP contribution in [0.4, 0.5) is 5.69 Å². The zero-order valence-electron chi connectivity index (χ0n) is 12.7. The summed E-state index contributed by atoms with van der Waals surface area (Å²) in [6, 6.07) is 4.88. The van der Waals surface area contributed by atoms with Crippen LogP contribution in [-0.2, 0) is 0 Å². The van der Waals surface area contributed by atoms with Gasteiger partial charge >= 0.3 is 0 Å². The molecule has 0 atom stereocenters. The summed E-state index contributed by atoms with van der Waals surface area (Å²) in [6.07, 6.45) is 6.41. The Balaban J connectivity index is 2.01. The fourth-order valence-corrected chi connectivity index (χ4v) is 2.17. The molecule has 0 aliphatic rings. The molecule has 3 aromatic rings. The van der Waals surface area contributed by atoms with E-state index in [4.69, 9.17) is 4.74 Å². The zero-order chi connectivity index (χ0) is 16.4. The van der Waals surface area contributed by atoms with E-state index < -0.39 is 5.91 Å². The van der Waals surface area contributed by atoms with Gasteiger partial charge in [-0.1, -0.05) is 0 Å². The van der Waals surface area contributed by atoms with Gasteiger partial charge in [0, 0.05) is 30.9 Å². The molecule has 7 nitrogen and oxygen atoms in total. The number of ether oxygens (including phenoxy) is 1. The molecule has 3 aromatic heterocycles. The number of aromatic amines is 1. The van der Waals surface area contributed by atoms with E-state index in [1.165, 1.54) is 12.3 Å². The molecule has 1 amide bonds. The lowest BCUT2D eigenvalue weighted by molar-refractivity contribution is 0.102. The van der Waals surface area contributed by atoms with Crippen LogP contribution in [0.3, 0.4) is 0 Å². The minimum atomic E-state index is -0.423. The number of amides is 1. The Morgan fingerprint density at radius 2 is 2.26 bits per heavy atom. The normalized spacial score (nSPS) is 10.9. The molecule has 3 heterocycles. The van der Waals surface area contributed by atoms with Crippen molar-refractivity contribution < 1.29 is 9.53 Å². The summed E-state index contributed by atoms with van der Waals surface area (Å²) in [7, 11) is 0. The monoisotopic (exact) mass is 312 g/mol. The Labute approximate surface area is 131 Å². The van der Waals surface area contributed by atoms with Crippen molar-refractivity contribution in [2.45, 2.75) is 20.0 Å². The van der Waals surface area contributed by atoms with Crippen molar-refractivity contribution in [2.24, 2.45) is 0 Å². The Bertz CT molecular complexity index is 911. The number of aromatic nitrogens is 3. The first kappa shape index (κ1) is 14.8. The van der Waals surface area contributed by atoms with E-state index in [1.807, 2.05) is 13.8 Å². The third-order valence-corrected chi connectivity index (χ3v) is 3.17. The Hall–Kier alpha value is -3.09. The van der Waals surface area contributed by atoms with Crippen molar-refractivity contribution in [3.8, 4) is 5.75 Å². The van der Waals surface area contributed by atoms with E-state index in [1.54, 1.807) is 35.1 Å². The molecule has 0 fully saturated rings. The molecule has 0 radical (unpaired) electrons. The number of nitrogens with zero attached hydrogens (tertiary/aromatic N) is 2. The predicted molar refractivity (Wildman–Crippen MR) is 86.0 cm³/mol. The molecule has 0 aromatic carbocycles. The van der Waals surface area contributed by atoms with Gasteiger partial charge in [0.2, 0.25) is 0 Å². The Morgan fingerprint density at radius 3 is 3.00 bits per heavy atom. The lowest BCUT2D eigenvalue weighted by Crippen LogP contribution is -2.21. The quantitative estimate of drug-likeness (QED) is 0.772. The smallest absolute Gasteiger partial charge is 0.271 e. The van der Waals surface area contributed by atoms with E-state index >= 15 is 0 Å². The number of pyridine rings is 2. The first-order chi connectivity index (χ1) is 11.0. The summed E-state index contributed by atoms with van der Waals surface area (Å²) >= 11 is 0. The molecule has 3 rings (SSSR count). The van der Waals surface area contributed by atoms with Crippen LogP contribution in [-0.4, -0.2) is 26.4 Å². The lowest BCUT2D eigenvalue weighted by atomic mass is 10.2. The summed E-state index contributed by atoms with van der Waals surface area (Å²) in [6.45, 7) is 3.75. The summed E-state index contributed by atoms with van der Waals surface area (Å²) < 4.78 is 7.43. The maximum absolute atomic E-state index is 12.6. The summed E-state index contributed by atoms with van der Waals surface area (Å²) in [4.78, 5) is 31.0. The molecule has 0 aliphatic heterocycles. The number of carbonyl (C=O) groups excluding carboxylic acids is 1. The van der Waals surface area contributed by atoms with Gasteiger partial charge < -0.3 is 19.4 Å². The van der Waals surface area contributed by atoms with Crippen molar-refractivity contribution in [1.82, 2.24) is 14.4 Å². The number of H-pyrrole nitrogens is 1. The lowest BCUT2D eigenvalue weighted by Gasteiger charge is -2.14. The SMILES string of the molecule is CC(C)Oc1cc2nccn2cc1C(=O)Nc1ccc[nH]c1=O. The minimum absolute atomic E-state index is 0.0981. The highest BCUT2D eigenvalue weighted by Gasteiger charge is 2.17. The number of anilines is 1. The molecule has 0 unspecified atom stereocenters. The van der Waals surface area contributed by atoms with Crippen LogP contribution in [0.15, 0.2) is 47.8 Å². The highest BCUT2D eigenvalue weighted by molar-refractivity contribution is 6.06. The fourth-order valence-electron chi connectivity index (χ4n) is 2.17. The number of fused-ring (bicyclic) bond motifs is 1. The van der Waals surface area contributed by atoms with Crippen molar-refractivity contribution >= 4 is 17.2 Å². The van der Waals surface area contributed by atoms with E-state index in [9.17, 15) is 9.59 Å². The molecule has 0 saturated carbocycles. The summed E-state index contributed by atoms with van der Waals surface area (Å²) in [5, 5.41) is 2.60. The third-order valence-electron chi connectivity index (χ3n) is 3.17. The first-order valence-electron chi connectivity index (χ1n) is 7.17. The van der Waals surface area contributed by atoms with Crippen LogP contribution in [0.1, 0.15) is 24.2 Å². The van der Waals surface area contributed by atoms with Crippen LogP contribution in [0.5, 0.6) is 5.75 Å². The second-order valence-electron chi connectivity index (χ2n) is 5.28. The molecular weight excluding hydrogens is 296 g/mol. The number of rotatable bonds is 4. The van der Waals surface area contributed by atoms with Crippen LogP contribution < -0.4 is 15.6 Å². The van der Waals surface area contributed by atoms with Crippen LogP contribution in [0.25, 0.3) is 5.65 Å². The molecular formula is C16H16N4O3. The Morgan fingerprint density at radius 1 is 1.43 bits per heavy atom. The molecule has 0 bridgehead atoms. The minimum Gasteiger partial charge on any atom is -0.490 e. The first-order valence-corrected chi connectivity index (χ1v) is 7.17. The highest BCUT2D eigenvalue weighted by atomic mass is 16.5. The Kier molecular flexibility index (Phi) is 3.84. The molecule has 0 spiro atoms. The number of hydrogen-bond donors (Lipinski definition) is 2. The average Bonchev–Trinajstić information content (AvgIpc) is 2.95. The van der Waals surface area contributed by atoms with E-state index in [2.05, 4.69) is 15.3 Å². The van der Waals surface area contributed by atoms with Gasteiger partial charge in [-0.25, -0.2) is 4.98 Å². The molecule has 2 N–H and O–H groups in total. The maximum atomic E-state index is 12.6. The van der Waals surface area contributed by atoms with Crippen molar-refractivity contribution in [3.05, 3.63) is 58.9 Å². The molecule has 118 valence electrons. The molecule has 0 aliphatic carbocycles. The van der Waals surface area contributed by atoms with Gasteiger partial charge in [0.1, 0.15) is 17.1 Å². The van der Waals surface area contributed by atoms with E-state index in [-0.39, 0.29) is 17.4 Å². The number of imidazole rings is 1. The topological polar surface area (TPSA) is 88.5 Å². The second kappa shape index (κ2) is 5.96. The molecule has 23 heavy (non-hydrogen) atoms. The van der Waals surface area contributed by atoms with Gasteiger partial charge in [-0.2, -0.15) is 0 Å². The van der Waals surface area contributed by atoms with Crippen molar-refractivity contribution in [3.63, 3.8) is 0 Å². The van der Waals surface area contributed by atoms with Crippen molar-refractivity contribution in [2.75, 3.05) is 5.32 Å². The average molecular weight is 312 g/mol.